The number of carboxylic acids is 1. The molecule has 3 rings (SSSR count). The fraction of sp³-hybridized carbons (Fsp3) is 0.520. The third kappa shape index (κ3) is 5.83. The van der Waals surface area contributed by atoms with Crippen molar-refractivity contribution in [3.63, 3.8) is 0 Å². The largest absolute Gasteiger partial charge is 0.481 e. The van der Waals surface area contributed by atoms with Crippen molar-refractivity contribution in [3.8, 4) is 0 Å². The molecule has 9 heteroatoms. The number of aliphatic imine (C=N–C) groups is 1. The molecule has 2 amide bonds. The van der Waals surface area contributed by atoms with E-state index >= 15 is 0 Å². The molecule has 184 valence electrons. The van der Waals surface area contributed by atoms with Gasteiger partial charge in [-0.1, -0.05) is 19.1 Å². The lowest BCUT2D eigenvalue weighted by molar-refractivity contribution is -0.140. The van der Waals surface area contributed by atoms with E-state index in [0.29, 0.717) is 41.8 Å². The molecule has 0 atom stereocenters. The molecule has 1 aliphatic carbocycles. The minimum atomic E-state index is -0.906. The summed E-state index contributed by atoms with van der Waals surface area (Å²) in [7, 11) is 0. The van der Waals surface area contributed by atoms with Gasteiger partial charge in [-0.05, 0) is 57.7 Å². The average molecular weight is 472 g/mol. The zero-order valence-corrected chi connectivity index (χ0v) is 20.2. The Balaban J connectivity index is 2.01. The minimum Gasteiger partial charge on any atom is -0.481 e. The van der Waals surface area contributed by atoms with Crippen molar-refractivity contribution in [2.45, 2.75) is 64.4 Å². The lowest BCUT2D eigenvalue weighted by Crippen LogP contribution is -2.39. The molecule has 1 heterocycles. The maximum absolute atomic E-state index is 13.3. The van der Waals surface area contributed by atoms with Crippen LogP contribution in [0.15, 0.2) is 28.8 Å². The Morgan fingerprint density at radius 2 is 1.91 bits per heavy atom. The second kappa shape index (κ2) is 9.97. The van der Waals surface area contributed by atoms with Gasteiger partial charge in [0.25, 0.3) is 0 Å². The SMILES string of the molecule is CCCN(CCO)C(=O)C1=Cc2ccc(C3(C(=O)O)CC3)cc2N=C(NC(=O)OC(C)(C)C)C1. The molecule has 0 bridgehead atoms. The van der Waals surface area contributed by atoms with Gasteiger partial charge in [0.2, 0.25) is 5.91 Å². The van der Waals surface area contributed by atoms with Crippen molar-refractivity contribution in [1.82, 2.24) is 10.2 Å². The summed E-state index contributed by atoms with van der Waals surface area (Å²) in [6.07, 6.45) is 2.92. The minimum absolute atomic E-state index is 0.0534. The van der Waals surface area contributed by atoms with Crippen LogP contribution in [0, 0.1) is 0 Å². The molecular weight excluding hydrogens is 438 g/mol. The first-order valence-corrected chi connectivity index (χ1v) is 11.6. The number of fused-ring (bicyclic) bond motifs is 1. The van der Waals surface area contributed by atoms with Crippen LogP contribution >= 0.6 is 0 Å². The van der Waals surface area contributed by atoms with Gasteiger partial charge in [0.05, 0.1) is 17.7 Å². The normalized spacial score (nSPS) is 16.4. The summed E-state index contributed by atoms with van der Waals surface area (Å²) in [5.74, 6) is -0.899. The number of amidine groups is 1. The summed E-state index contributed by atoms with van der Waals surface area (Å²) in [5.41, 5.74) is 0.556. The standard InChI is InChI=1S/C25H33N3O6/c1-5-10-28(11-12-29)21(30)17-13-16-6-7-18(25(8-9-25)22(31)32)15-19(16)26-20(14-17)27-23(33)34-24(2,3)4/h6-7,13,15,29H,5,8-12,14H2,1-4H3,(H,31,32)(H,26,27,33). The zero-order valence-electron chi connectivity index (χ0n) is 20.2. The second-order valence-electron chi connectivity index (χ2n) is 9.71. The molecule has 1 aromatic rings. The highest BCUT2D eigenvalue weighted by molar-refractivity contribution is 6.08. The summed E-state index contributed by atoms with van der Waals surface area (Å²) in [4.78, 5) is 43.7. The summed E-state index contributed by atoms with van der Waals surface area (Å²) in [5, 5.41) is 21.7. The first-order chi connectivity index (χ1) is 16.0. The van der Waals surface area contributed by atoms with E-state index < -0.39 is 23.1 Å². The Kier molecular flexibility index (Phi) is 7.45. The van der Waals surface area contributed by atoms with E-state index in [1.54, 1.807) is 49.9 Å². The summed E-state index contributed by atoms with van der Waals surface area (Å²) in [6, 6.07) is 5.24. The number of ether oxygens (including phenoxy) is 1. The third-order valence-corrected chi connectivity index (χ3v) is 5.76. The fourth-order valence-corrected chi connectivity index (χ4v) is 3.95. The van der Waals surface area contributed by atoms with Gasteiger partial charge in [-0.25, -0.2) is 9.79 Å². The molecule has 1 saturated carbocycles. The van der Waals surface area contributed by atoms with Crippen molar-refractivity contribution in [2.24, 2.45) is 4.99 Å². The quantitative estimate of drug-likeness (QED) is 0.559. The van der Waals surface area contributed by atoms with E-state index in [0.717, 1.165) is 6.42 Å². The Labute approximate surface area is 199 Å². The maximum atomic E-state index is 13.3. The smallest absolute Gasteiger partial charge is 0.413 e. The van der Waals surface area contributed by atoms with Gasteiger partial charge in [0, 0.05) is 30.6 Å². The number of nitrogens with zero attached hydrogens (tertiary/aromatic N) is 2. The molecule has 0 unspecified atom stereocenters. The van der Waals surface area contributed by atoms with Gasteiger partial charge in [-0.2, -0.15) is 0 Å². The van der Waals surface area contributed by atoms with Crippen LogP contribution in [0.5, 0.6) is 0 Å². The molecule has 0 radical (unpaired) electrons. The number of carbonyl (C=O) groups excluding carboxylic acids is 2. The predicted molar refractivity (Wildman–Crippen MR) is 128 cm³/mol. The van der Waals surface area contributed by atoms with Crippen LogP contribution in [0.2, 0.25) is 0 Å². The number of aliphatic hydroxyl groups is 1. The van der Waals surface area contributed by atoms with E-state index in [9.17, 15) is 24.6 Å². The summed E-state index contributed by atoms with van der Waals surface area (Å²) >= 11 is 0. The second-order valence-corrected chi connectivity index (χ2v) is 9.71. The van der Waals surface area contributed by atoms with E-state index in [1.807, 2.05) is 6.92 Å². The third-order valence-electron chi connectivity index (χ3n) is 5.76. The molecule has 0 spiro atoms. The molecule has 1 aromatic carbocycles. The molecule has 0 saturated heterocycles. The number of carboxylic acid groups (broad SMARTS) is 1. The number of benzene rings is 1. The molecule has 2 aliphatic rings. The van der Waals surface area contributed by atoms with Crippen LogP contribution in [0.25, 0.3) is 6.08 Å². The summed E-state index contributed by atoms with van der Waals surface area (Å²) < 4.78 is 5.35. The predicted octanol–water partition coefficient (Wildman–Crippen LogP) is 3.38. The van der Waals surface area contributed by atoms with Gasteiger partial charge >= 0.3 is 12.1 Å². The molecule has 34 heavy (non-hydrogen) atoms. The lowest BCUT2D eigenvalue weighted by atomic mass is 9.94. The Morgan fingerprint density at radius 1 is 1.21 bits per heavy atom. The van der Waals surface area contributed by atoms with Crippen molar-refractivity contribution in [1.29, 1.82) is 0 Å². The van der Waals surface area contributed by atoms with Gasteiger partial charge in [-0.3, -0.25) is 14.9 Å². The molecule has 0 aromatic heterocycles. The molecular formula is C25H33N3O6. The number of alkyl carbamates (subject to hydrolysis) is 1. The van der Waals surface area contributed by atoms with E-state index in [2.05, 4.69) is 10.3 Å². The van der Waals surface area contributed by atoms with Gasteiger partial charge in [0.1, 0.15) is 11.4 Å². The Hall–Kier alpha value is -3.20. The van der Waals surface area contributed by atoms with Gasteiger partial charge in [-0.15, -0.1) is 0 Å². The first kappa shape index (κ1) is 25.4. The number of aliphatic hydroxyl groups excluding tert-OH is 1. The number of amides is 2. The van der Waals surface area contributed by atoms with Crippen molar-refractivity contribution >= 4 is 35.6 Å². The van der Waals surface area contributed by atoms with E-state index in [1.165, 1.54) is 0 Å². The van der Waals surface area contributed by atoms with Crippen LogP contribution in [-0.2, 0) is 19.7 Å². The van der Waals surface area contributed by atoms with Crippen LogP contribution in [0.1, 0.15) is 64.5 Å². The number of hydrogen-bond donors (Lipinski definition) is 3. The number of hydrogen-bond acceptors (Lipinski definition) is 6. The molecule has 9 nitrogen and oxygen atoms in total. The maximum Gasteiger partial charge on any atom is 0.413 e. The number of aliphatic carboxylic acids is 1. The van der Waals surface area contributed by atoms with Crippen molar-refractivity contribution in [3.05, 3.63) is 34.9 Å². The topological polar surface area (TPSA) is 129 Å². The highest BCUT2D eigenvalue weighted by Gasteiger charge is 2.51. The van der Waals surface area contributed by atoms with Crippen molar-refractivity contribution in [2.75, 3.05) is 19.7 Å². The molecule has 1 fully saturated rings. The Morgan fingerprint density at radius 3 is 2.47 bits per heavy atom. The van der Waals surface area contributed by atoms with Crippen LogP contribution < -0.4 is 5.32 Å². The fourth-order valence-electron chi connectivity index (χ4n) is 3.95. The highest BCUT2D eigenvalue weighted by atomic mass is 16.6. The van der Waals surface area contributed by atoms with Crippen LogP contribution in [0.3, 0.4) is 0 Å². The number of nitrogens with one attached hydrogen (secondary N) is 1. The average Bonchev–Trinajstić information content (AvgIpc) is 3.55. The zero-order chi connectivity index (χ0) is 25.1. The van der Waals surface area contributed by atoms with E-state index in [-0.39, 0.29) is 31.3 Å². The van der Waals surface area contributed by atoms with Gasteiger partial charge in [0.15, 0.2) is 0 Å². The summed E-state index contributed by atoms with van der Waals surface area (Å²) in [6.45, 7) is 7.71. The number of rotatable bonds is 7. The van der Waals surface area contributed by atoms with E-state index in [4.69, 9.17) is 4.74 Å². The lowest BCUT2D eigenvalue weighted by Gasteiger charge is -2.23. The monoisotopic (exact) mass is 471 g/mol. The van der Waals surface area contributed by atoms with Crippen molar-refractivity contribution < 1.29 is 29.3 Å². The number of carbonyl (C=O) groups is 3. The van der Waals surface area contributed by atoms with Crippen LogP contribution in [0.4, 0.5) is 10.5 Å². The molecule has 3 N–H and O–H groups in total. The highest BCUT2D eigenvalue weighted by Crippen LogP contribution is 2.49. The van der Waals surface area contributed by atoms with Crippen LogP contribution in [-0.4, -0.2) is 64.2 Å². The molecule has 1 aliphatic heterocycles. The Bertz CT molecular complexity index is 1030. The van der Waals surface area contributed by atoms with Gasteiger partial charge < -0.3 is 19.8 Å². The first-order valence-electron chi connectivity index (χ1n) is 11.6.